The second-order valence-corrected chi connectivity index (χ2v) is 10.2. The van der Waals surface area contributed by atoms with E-state index in [-0.39, 0.29) is 0 Å². The second-order valence-electron chi connectivity index (χ2n) is 3.64. The predicted octanol–water partition coefficient (Wildman–Crippen LogP) is 1.68. The fourth-order valence-electron chi connectivity index (χ4n) is 1.79. The van der Waals surface area contributed by atoms with Crippen molar-refractivity contribution in [1.82, 2.24) is 9.78 Å². The molecule has 0 aliphatic carbocycles. The summed E-state index contributed by atoms with van der Waals surface area (Å²) in [6.07, 6.45) is 1.48. The van der Waals surface area contributed by atoms with Gasteiger partial charge in [-0.15, -0.1) is 0 Å². The first-order valence-corrected chi connectivity index (χ1v) is 9.33. The van der Waals surface area contributed by atoms with Gasteiger partial charge in [0.2, 0.25) is 0 Å². The average molecular weight is 322 g/mol. The van der Waals surface area contributed by atoms with Crippen molar-refractivity contribution in [1.29, 1.82) is 0 Å². The molecule has 0 radical (unpaired) electrons. The zero-order chi connectivity index (χ0) is 10.1. The van der Waals surface area contributed by atoms with Gasteiger partial charge in [0.15, 0.2) is 0 Å². The Morgan fingerprint density at radius 1 is 1.29 bits per heavy atom. The van der Waals surface area contributed by atoms with E-state index in [4.69, 9.17) is 0 Å². The van der Waals surface area contributed by atoms with Crippen molar-refractivity contribution in [2.45, 2.75) is 34.6 Å². The van der Waals surface area contributed by atoms with Crippen LogP contribution in [0.15, 0.2) is 0 Å². The number of aryl methyl sites for hydroxylation is 2. The first kappa shape index (κ1) is 10.8. The first-order valence-electron chi connectivity index (χ1n) is 4.93. The quantitative estimate of drug-likeness (QED) is 0.720. The van der Waals surface area contributed by atoms with Crippen LogP contribution in [0.1, 0.15) is 27.1 Å². The minimum atomic E-state index is 0.844. The molecule has 0 bridgehead atoms. The summed E-state index contributed by atoms with van der Waals surface area (Å²) in [5, 5.41) is 7.48. The molecular weight excluding hydrogens is 306 g/mol. The maximum atomic E-state index is 4.52. The Labute approximate surface area is 98.1 Å². The molecule has 0 N–H and O–H groups in total. The van der Waals surface area contributed by atoms with Crippen LogP contribution in [0.3, 0.4) is 0 Å². The summed E-state index contributed by atoms with van der Waals surface area (Å²) >= 11 is 1.69. The molecule has 0 amide bonds. The minimum absolute atomic E-state index is 0.844. The van der Waals surface area contributed by atoms with Crippen LogP contribution in [-0.4, -0.2) is 39.7 Å². The summed E-state index contributed by atoms with van der Waals surface area (Å²) in [4.78, 5) is 0. The fraction of sp³-hybridized carbons (Fsp3) is 0.700. The fourth-order valence-corrected chi connectivity index (χ4v) is 10.4. The van der Waals surface area contributed by atoms with Crippen molar-refractivity contribution in [2.75, 3.05) is 0 Å². The molecule has 1 aliphatic rings. The molecule has 1 aromatic heterocycles. The van der Waals surface area contributed by atoms with Crippen molar-refractivity contribution in [2.24, 2.45) is 7.05 Å². The van der Waals surface area contributed by atoms with E-state index in [1.807, 2.05) is 4.68 Å². The zero-order valence-electron chi connectivity index (χ0n) is 8.91. The number of nitrogens with zero attached hydrogens (tertiary/aromatic N) is 2. The number of aromatic nitrogens is 2. The van der Waals surface area contributed by atoms with E-state index in [9.17, 15) is 0 Å². The average Bonchev–Trinajstić information content (AvgIpc) is 2.43. The summed E-state index contributed by atoms with van der Waals surface area (Å²) < 4.78 is 2.96. The van der Waals surface area contributed by atoms with E-state index in [2.05, 4.69) is 26.0 Å². The van der Waals surface area contributed by atoms with Crippen LogP contribution in [0.2, 0.25) is 10.6 Å². The standard InChI is InChI=1S/C10H16N2Se2/c1-7-9(8(2)12(3)11-7)10-13-5-4-6-14-10/h10H,4-6H2,1-3H3. The van der Waals surface area contributed by atoms with Crippen LogP contribution < -0.4 is 0 Å². The molecule has 0 aromatic carbocycles. The molecule has 4 heteroatoms. The Hall–Kier alpha value is 0.249. The normalized spacial score (nSPS) is 18.8. The predicted molar refractivity (Wildman–Crippen MR) is 61.2 cm³/mol. The van der Waals surface area contributed by atoms with E-state index in [1.165, 1.54) is 28.4 Å². The van der Waals surface area contributed by atoms with Crippen LogP contribution in [-0.2, 0) is 7.05 Å². The molecule has 2 rings (SSSR count). The van der Waals surface area contributed by atoms with Crippen molar-refractivity contribution in [3.05, 3.63) is 17.0 Å². The number of rotatable bonds is 1. The van der Waals surface area contributed by atoms with Gasteiger partial charge in [-0.25, -0.2) is 0 Å². The Morgan fingerprint density at radius 2 is 1.93 bits per heavy atom. The molecule has 0 unspecified atom stereocenters. The number of hydrogen-bond acceptors (Lipinski definition) is 1. The van der Waals surface area contributed by atoms with E-state index in [0.717, 1.165) is 33.6 Å². The van der Waals surface area contributed by atoms with Gasteiger partial charge in [-0.2, -0.15) is 0 Å². The second kappa shape index (κ2) is 4.40. The third-order valence-electron chi connectivity index (χ3n) is 2.63. The van der Waals surface area contributed by atoms with E-state index in [0.29, 0.717) is 0 Å². The van der Waals surface area contributed by atoms with E-state index >= 15 is 0 Å². The van der Waals surface area contributed by atoms with Crippen LogP contribution in [0.5, 0.6) is 0 Å². The van der Waals surface area contributed by atoms with Gasteiger partial charge < -0.3 is 0 Å². The third-order valence-corrected chi connectivity index (χ3v) is 10.1. The van der Waals surface area contributed by atoms with Gasteiger partial charge in [-0.1, -0.05) is 0 Å². The Kier molecular flexibility index (Phi) is 3.38. The molecule has 14 heavy (non-hydrogen) atoms. The van der Waals surface area contributed by atoms with Gasteiger partial charge in [0.05, 0.1) is 0 Å². The molecule has 2 heterocycles. The molecule has 1 aromatic rings. The van der Waals surface area contributed by atoms with Crippen LogP contribution in [0.4, 0.5) is 0 Å². The molecular formula is C10H16N2Se2. The van der Waals surface area contributed by atoms with Gasteiger partial charge in [-0.05, 0) is 0 Å². The molecule has 1 aliphatic heterocycles. The van der Waals surface area contributed by atoms with Crippen LogP contribution >= 0.6 is 0 Å². The van der Waals surface area contributed by atoms with Crippen molar-refractivity contribution in [3.63, 3.8) is 0 Å². The maximum absolute atomic E-state index is 4.52. The topological polar surface area (TPSA) is 17.8 Å². The molecule has 0 spiro atoms. The summed E-state index contributed by atoms with van der Waals surface area (Å²) in [5.41, 5.74) is 4.27. The summed E-state index contributed by atoms with van der Waals surface area (Å²) in [6.45, 7) is 4.39. The van der Waals surface area contributed by atoms with Crippen LogP contribution in [0.25, 0.3) is 0 Å². The third kappa shape index (κ3) is 1.94. The van der Waals surface area contributed by atoms with Crippen molar-refractivity contribution in [3.8, 4) is 0 Å². The Balaban J connectivity index is 2.29. The van der Waals surface area contributed by atoms with Gasteiger partial charge >= 0.3 is 98.3 Å². The summed E-state index contributed by atoms with van der Waals surface area (Å²) in [7, 11) is 2.06. The monoisotopic (exact) mass is 324 g/mol. The molecule has 0 atom stereocenters. The zero-order valence-corrected chi connectivity index (χ0v) is 12.3. The molecule has 2 nitrogen and oxygen atoms in total. The Bertz CT molecular complexity index is 327. The molecule has 1 fully saturated rings. The van der Waals surface area contributed by atoms with Crippen molar-refractivity contribution < 1.29 is 0 Å². The van der Waals surface area contributed by atoms with E-state index in [1.54, 1.807) is 5.56 Å². The summed E-state index contributed by atoms with van der Waals surface area (Å²) in [5.74, 6) is 0. The SMILES string of the molecule is Cc1nn(C)c(C)c1C1[Se]CCC[Se]1. The first-order chi connectivity index (χ1) is 6.70. The number of hydrogen-bond donors (Lipinski definition) is 0. The molecule has 1 saturated heterocycles. The van der Waals surface area contributed by atoms with Gasteiger partial charge in [0.25, 0.3) is 0 Å². The van der Waals surface area contributed by atoms with E-state index < -0.39 is 0 Å². The summed E-state index contributed by atoms with van der Waals surface area (Å²) in [6, 6.07) is 0. The molecule has 78 valence electrons. The Morgan fingerprint density at radius 3 is 2.43 bits per heavy atom. The van der Waals surface area contributed by atoms with Gasteiger partial charge in [-0.3, -0.25) is 0 Å². The van der Waals surface area contributed by atoms with Crippen molar-refractivity contribution >= 4 is 29.9 Å². The van der Waals surface area contributed by atoms with Gasteiger partial charge in [0.1, 0.15) is 0 Å². The van der Waals surface area contributed by atoms with Gasteiger partial charge in [0, 0.05) is 0 Å². The molecule has 0 saturated carbocycles. The van der Waals surface area contributed by atoms with Crippen LogP contribution in [0, 0.1) is 13.8 Å².